The van der Waals surface area contributed by atoms with Crippen LogP contribution in [-0.4, -0.2) is 29.1 Å². The number of nitrogens with zero attached hydrogens (tertiary/aromatic N) is 1. The number of hydrogen-bond donors (Lipinski definition) is 3. The molecule has 1 heterocycles. The van der Waals surface area contributed by atoms with Crippen LogP contribution in [-0.2, 0) is 0 Å². The van der Waals surface area contributed by atoms with E-state index < -0.39 is 6.10 Å². The van der Waals surface area contributed by atoms with E-state index in [-0.39, 0.29) is 5.91 Å². The Bertz CT molecular complexity index is 587. The van der Waals surface area contributed by atoms with Crippen molar-refractivity contribution in [1.29, 1.82) is 0 Å². The molecule has 3 N–H and O–H groups in total. The smallest absolute Gasteiger partial charge is 0.269 e. The van der Waals surface area contributed by atoms with Gasteiger partial charge in [0.1, 0.15) is 5.69 Å². The molecule has 0 saturated carbocycles. The monoisotopic (exact) mass is 285 g/mol. The fraction of sp³-hybridized carbons (Fsp3) is 0.250. The van der Waals surface area contributed by atoms with Gasteiger partial charge < -0.3 is 15.7 Å². The summed E-state index contributed by atoms with van der Waals surface area (Å²) in [4.78, 5) is 15.7. The number of rotatable bonds is 6. The first-order valence-electron chi connectivity index (χ1n) is 6.92. The zero-order chi connectivity index (χ0) is 15.1. The molecule has 0 radical (unpaired) electrons. The number of benzene rings is 1. The van der Waals surface area contributed by atoms with Crippen LogP contribution < -0.4 is 10.6 Å². The summed E-state index contributed by atoms with van der Waals surface area (Å²) in [5.74, 6) is -0.204. The molecular formula is C16H19N3O2. The van der Waals surface area contributed by atoms with Crippen LogP contribution in [0.1, 0.15) is 29.1 Å². The highest BCUT2D eigenvalue weighted by Crippen LogP contribution is 2.14. The second kappa shape index (κ2) is 7.40. The minimum atomic E-state index is -0.604. The predicted octanol–water partition coefficient (Wildman–Crippen LogP) is 1.98. The number of aliphatic hydroxyl groups excluding tert-OH is 1. The molecule has 2 rings (SSSR count). The van der Waals surface area contributed by atoms with Gasteiger partial charge in [0.25, 0.3) is 5.91 Å². The maximum absolute atomic E-state index is 11.7. The third-order valence-corrected chi connectivity index (χ3v) is 3.01. The predicted molar refractivity (Wildman–Crippen MR) is 82.1 cm³/mol. The van der Waals surface area contributed by atoms with Crippen molar-refractivity contribution < 1.29 is 9.90 Å². The summed E-state index contributed by atoms with van der Waals surface area (Å²) in [6.45, 7) is 2.78. The zero-order valence-corrected chi connectivity index (χ0v) is 11.9. The molecule has 1 atom stereocenters. The molecule has 1 unspecified atom stereocenters. The van der Waals surface area contributed by atoms with E-state index in [1.807, 2.05) is 37.3 Å². The summed E-state index contributed by atoms with van der Waals surface area (Å²) in [6, 6.07) is 12.9. The van der Waals surface area contributed by atoms with Gasteiger partial charge in [0.2, 0.25) is 0 Å². The summed E-state index contributed by atoms with van der Waals surface area (Å²) < 4.78 is 0. The number of aromatic nitrogens is 1. The summed E-state index contributed by atoms with van der Waals surface area (Å²) in [5, 5.41) is 15.9. The van der Waals surface area contributed by atoms with Crippen LogP contribution in [0.15, 0.2) is 48.7 Å². The van der Waals surface area contributed by atoms with Crippen molar-refractivity contribution in [1.82, 2.24) is 10.3 Å². The van der Waals surface area contributed by atoms with Crippen LogP contribution in [0.3, 0.4) is 0 Å². The molecule has 1 amide bonds. The van der Waals surface area contributed by atoms with Gasteiger partial charge in [-0.15, -0.1) is 0 Å². The Balaban J connectivity index is 1.97. The fourth-order valence-electron chi connectivity index (χ4n) is 1.92. The zero-order valence-electron chi connectivity index (χ0n) is 11.9. The first kappa shape index (κ1) is 15.0. The van der Waals surface area contributed by atoms with Crippen LogP contribution in [0, 0.1) is 0 Å². The number of carbonyl (C=O) groups excluding carboxylic acids is 1. The Morgan fingerprint density at radius 3 is 2.76 bits per heavy atom. The van der Waals surface area contributed by atoms with Gasteiger partial charge in [0.15, 0.2) is 0 Å². The van der Waals surface area contributed by atoms with E-state index in [1.165, 1.54) is 0 Å². The molecule has 110 valence electrons. The Kier molecular flexibility index (Phi) is 5.29. The minimum Gasteiger partial charge on any atom is -0.387 e. The lowest BCUT2D eigenvalue weighted by atomic mass is 10.1. The topological polar surface area (TPSA) is 74.2 Å². The van der Waals surface area contributed by atoms with Crippen molar-refractivity contribution in [3.63, 3.8) is 0 Å². The molecule has 5 heteroatoms. The second-order valence-corrected chi connectivity index (χ2v) is 4.60. The lowest BCUT2D eigenvalue weighted by Crippen LogP contribution is -2.23. The number of pyridine rings is 1. The second-order valence-electron chi connectivity index (χ2n) is 4.60. The molecule has 0 aliphatic carbocycles. The SMILES string of the molecule is CCNC(=O)c1cc(NCC(O)c2ccccc2)ccn1. The van der Waals surface area contributed by atoms with Gasteiger partial charge in [-0.2, -0.15) is 0 Å². The van der Waals surface area contributed by atoms with Crippen LogP contribution in [0.25, 0.3) is 0 Å². The summed E-state index contributed by atoms with van der Waals surface area (Å²) in [7, 11) is 0. The standard InChI is InChI=1S/C16H19N3O2/c1-2-17-16(21)14-10-13(8-9-18-14)19-11-15(20)12-6-4-3-5-7-12/h3-10,15,20H,2,11H2,1H3,(H,17,21)(H,18,19). The molecule has 2 aromatic rings. The molecule has 1 aromatic carbocycles. The van der Waals surface area contributed by atoms with Crippen molar-refractivity contribution in [3.05, 3.63) is 59.9 Å². The quantitative estimate of drug-likeness (QED) is 0.758. The normalized spacial score (nSPS) is 11.7. The number of hydrogen-bond acceptors (Lipinski definition) is 4. The van der Waals surface area contributed by atoms with Crippen LogP contribution >= 0.6 is 0 Å². The lowest BCUT2D eigenvalue weighted by molar-refractivity contribution is 0.0951. The minimum absolute atomic E-state index is 0.204. The van der Waals surface area contributed by atoms with Crippen molar-refractivity contribution in [3.8, 4) is 0 Å². The lowest BCUT2D eigenvalue weighted by Gasteiger charge is -2.13. The summed E-state index contributed by atoms with van der Waals surface area (Å²) >= 11 is 0. The third-order valence-electron chi connectivity index (χ3n) is 3.01. The Labute approximate surface area is 124 Å². The first-order valence-corrected chi connectivity index (χ1v) is 6.92. The van der Waals surface area contributed by atoms with Crippen molar-refractivity contribution >= 4 is 11.6 Å². The van der Waals surface area contributed by atoms with E-state index in [0.29, 0.717) is 18.8 Å². The first-order chi connectivity index (χ1) is 10.2. The van der Waals surface area contributed by atoms with Gasteiger partial charge in [0, 0.05) is 25.0 Å². The third kappa shape index (κ3) is 4.29. The highest BCUT2D eigenvalue weighted by atomic mass is 16.3. The average Bonchev–Trinajstić information content (AvgIpc) is 2.54. The number of amides is 1. The van der Waals surface area contributed by atoms with E-state index >= 15 is 0 Å². The largest absolute Gasteiger partial charge is 0.387 e. The molecule has 0 saturated heterocycles. The summed E-state index contributed by atoms with van der Waals surface area (Å²) in [6.07, 6.45) is 0.967. The van der Waals surface area contributed by atoms with Crippen LogP contribution in [0.2, 0.25) is 0 Å². The molecular weight excluding hydrogens is 266 g/mol. The van der Waals surface area contributed by atoms with E-state index in [1.54, 1.807) is 18.3 Å². The van der Waals surface area contributed by atoms with Crippen LogP contribution in [0.4, 0.5) is 5.69 Å². The Hall–Kier alpha value is -2.40. The van der Waals surface area contributed by atoms with Gasteiger partial charge >= 0.3 is 0 Å². The number of nitrogens with one attached hydrogen (secondary N) is 2. The van der Waals surface area contributed by atoms with E-state index in [2.05, 4.69) is 15.6 Å². The molecule has 0 aliphatic heterocycles. The van der Waals surface area contributed by atoms with Gasteiger partial charge in [-0.25, -0.2) is 0 Å². The fourth-order valence-corrected chi connectivity index (χ4v) is 1.92. The Morgan fingerprint density at radius 1 is 1.29 bits per heavy atom. The highest BCUT2D eigenvalue weighted by molar-refractivity contribution is 5.93. The molecule has 5 nitrogen and oxygen atoms in total. The molecule has 0 spiro atoms. The van der Waals surface area contributed by atoms with E-state index in [4.69, 9.17) is 0 Å². The van der Waals surface area contributed by atoms with Gasteiger partial charge in [0.05, 0.1) is 6.10 Å². The molecule has 0 bridgehead atoms. The van der Waals surface area contributed by atoms with Crippen molar-refractivity contribution in [2.45, 2.75) is 13.0 Å². The number of anilines is 1. The maximum Gasteiger partial charge on any atom is 0.269 e. The maximum atomic E-state index is 11.7. The Morgan fingerprint density at radius 2 is 2.05 bits per heavy atom. The molecule has 0 aliphatic rings. The molecule has 1 aromatic heterocycles. The van der Waals surface area contributed by atoms with Crippen LogP contribution in [0.5, 0.6) is 0 Å². The van der Waals surface area contributed by atoms with Gasteiger partial charge in [-0.05, 0) is 24.6 Å². The number of carbonyl (C=O) groups is 1. The molecule has 0 fully saturated rings. The van der Waals surface area contributed by atoms with Gasteiger partial charge in [-0.1, -0.05) is 30.3 Å². The van der Waals surface area contributed by atoms with E-state index in [9.17, 15) is 9.90 Å². The molecule has 21 heavy (non-hydrogen) atoms. The van der Waals surface area contributed by atoms with Crippen molar-refractivity contribution in [2.75, 3.05) is 18.4 Å². The summed E-state index contributed by atoms with van der Waals surface area (Å²) in [5.41, 5.74) is 1.96. The average molecular weight is 285 g/mol. The van der Waals surface area contributed by atoms with Gasteiger partial charge in [-0.3, -0.25) is 9.78 Å². The number of aliphatic hydroxyl groups is 1. The highest BCUT2D eigenvalue weighted by Gasteiger charge is 2.09. The van der Waals surface area contributed by atoms with E-state index in [0.717, 1.165) is 11.3 Å². The van der Waals surface area contributed by atoms with Crippen molar-refractivity contribution in [2.24, 2.45) is 0 Å².